The van der Waals surface area contributed by atoms with Crippen LogP contribution in [0.4, 0.5) is 0 Å². The number of aryl methyl sites for hydroxylation is 3. The second-order valence-corrected chi connectivity index (χ2v) is 5.70. The van der Waals surface area contributed by atoms with E-state index in [1.165, 1.54) is 16.7 Å². The second kappa shape index (κ2) is 5.20. The highest BCUT2D eigenvalue weighted by molar-refractivity contribution is 5.88. The summed E-state index contributed by atoms with van der Waals surface area (Å²) in [4.78, 5) is 16.9. The van der Waals surface area contributed by atoms with Gasteiger partial charge >= 0.3 is 0 Å². The van der Waals surface area contributed by atoms with Crippen LogP contribution in [0.5, 0.6) is 0 Å². The second-order valence-electron chi connectivity index (χ2n) is 5.70. The van der Waals surface area contributed by atoms with Crippen LogP contribution in [0.15, 0.2) is 36.5 Å². The lowest BCUT2D eigenvalue weighted by Crippen LogP contribution is -2.13. The molecule has 1 atom stereocenters. The first-order valence-corrected chi connectivity index (χ1v) is 7.18. The molecule has 0 aliphatic heterocycles. The van der Waals surface area contributed by atoms with Crippen molar-refractivity contribution in [1.82, 2.24) is 4.98 Å². The molecule has 0 saturated heterocycles. The predicted octanol–water partition coefficient (Wildman–Crippen LogP) is 3.54. The molecule has 102 valence electrons. The van der Waals surface area contributed by atoms with Crippen molar-refractivity contribution >= 4 is 5.78 Å². The first kappa shape index (κ1) is 13.0. The van der Waals surface area contributed by atoms with Gasteiger partial charge in [0, 0.05) is 12.6 Å². The van der Waals surface area contributed by atoms with Gasteiger partial charge in [0.05, 0.1) is 11.6 Å². The maximum Gasteiger partial charge on any atom is 0.146 e. The zero-order valence-corrected chi connectivity index (χ0v) is 12.0. The van der Waals surface area contributed by atoms with Gasteiger partial charge in [0.25, 0.3) is 0 Å². The molecule has 20 heavy (non-hydrogen) atoms. The molecule has 0 amide bonds. The third-order valence-corrected chi connectivity index (χ3v) is 4.30. The summed E-state index contributed by atoms with van der Waals surface area (Å²) in [6, 6.07) is 10.3. The van der Waals surface area contributed by atoms with Gasteiger partial charge in [-0.25, -0.2) is 0 Å². The number of ketones is 1. The standard InChI is InChI=1S/C18H19NO/c1-12-5-6-14(10-13(12)2)11-17(20)16-8-7-15-4-3-9-19-18(15)16/h3-6,9-10,16H,7-8,11H2,1-2H3. The Hall–Kier alpha value is -1.96. The molecular weight excluding hydrogens is 246 g/mol. The van der Waals surface area contributed by atoms with Crippen molar-refractivity contribution in [3.63, 3.8) is 0 Å². The van der Waals surface area contributed by atoms with E-state index in [4.69, 9.17) is 0 Å². The van der Waals surface area contributed by atoms with E-state index in [1.54, 1.807) is 6.20 Å². The van der Waals surface area contributed by atoms with Gasteiger partial charge in [-0.2, -0.15) is 0 Å². The molecule has 2 heteroatoms. The third-order valence-electron chi connectivity index (χ3n) is 4.30. The number of fused-ring (bicyclic) bond motifs is 1. The molecule has 1 aromatic heterocycles. The molecule has 1 aliphatic carbocycles. The number of Topliss-reactive ketones (excluding diaryl/α,β-unsaturated/α-hetero) is 1. The minimum absolute atomic E-state index is 0.00666. The lowest BCUT2D eigenvalue weighted by Gasteiger charge is -2.10. The van der Waals surface area contributed by atoms with Crippen LogP contribution in [0.1, 0.15) is 40.3 Å². The zero-order chi connectivity index (χ0) is 14.1. The van der Waals surface area contributed by atoms with Crippen LogP contribution < -0.4 is 0 Å². The van der Waals surface area contributed by atoms with E-state index in [-0.39, 0.29) is 5.92 Å². The van der Waals surface area contributed by atoms with Gasteiger partial charge in [0.15, 0.2) is 0 Å². The molecule has 0 N–H and O–H groups in total. The van der Waals surface area contributed by atoms with Crippen molar-refractivity contribution in [2.45, 2.75) is 39.0 Å². The number of pyridine rings is 1. The van der Waals surface area contributed by atoms with Gasteiger partial charge in [0.1, 0.15) is 5.78 Å². The Bertz CT molecular complexity index is 660. The molecule has 1 aromatic carbocycles. The fourth-order valence-electron chi connectivity index (χ4n) is 2.96. The average molecular weight is 265 g/mol. The van der Waals surface area contributed by atoms with E-state index in [0.717, 1.165) is 24.1 Å². The molecule has 1 unspecified atom stereocenters. The highest BCUT2D eigenvalue weighted by atomic mass is 16.1. The van der Waals surface area contributed by atoms with Gasteiger partial charge in [-0.1, -0.05) is 24.3 Å². The normalized spacial score (nSPS) is 17.0. The molecule has 0 fully saturated rings. The van der Waals surface area contributed by atoms with Crippen LogP contribution in [0.2, 0.25) is 0 Å². The third kappa shape index (κ3) is 2.38. The average Bonchev–Trinajstić information content (AvgIpc) is 2.87. The monoisotopic (exact) mass is 265 g/mol. The van der Waals surface area contributed by atoms with E-state index in [2.05, 4.69) is 43.1 Å². The number of carbonyl (C=O) groups is 1. The summed E-state index contributed by atoms with van der Waals surface area (Å²) in [5.41, 5.74) is 5.88. The summed E-state index contributed by atoms with van der Waals surface area (Å²) >= 11 is 0. The molecular formula is C18H19NO. The first-order chi connectivity index (χ1) is 9.65. The largest absolute Gasteiger partial charge is 0.299 e. The summed E-state index contributed by atoms with van der Waals surface area (Å²) in [5, 5.41) is 0. The quantitative estimate of drug-likeness (QED) is 0.849. The predicted molar refractivity (Wildman–Crippen MR) is 79.9 cm³/mol. The van der Waals surface area contributed by atoms with E-state index < -0.39 is 0 Å². The molecule has 0 saturated carbocycles. The fourth-order valence-corrected chi connectivity index (χ4v) is 2.96. The van der Waals surface area contributed by atoms with Gasteiger partial charge in [-0.3, -0.25) is 9.78 Å². The van der Waals surface area contributed by atoms with Crippen molar-refractivity contribution in [2.24, 2.45) is 0 Å². The molecule has 0 spiro atoms. The maximum absolute atomic E-state index is 12.5. The van der Waals surface area contributed by atoms with Crippen LogP contribution in [0.25, 0.3) is 0 Å². The van der Waals surface area contributed by atoms with Crippen molar-refractivity contribution in [3.8, 4) is 0 Å². The Morgan fingerprint density at radius 1 is 1.25 bits per heavy atom. The summed E-state index contributed by atoms with van der Waals surface area (Å²) in [5.74, 6) is 0.290. The Kier molecular flexibility index (Phi) is 3.39. The Balaban J connectivity index is 1.79. The topological polar surface area (TPSA) is 30.0 Å². The highest BCUT2D eigenvalue weighted by Crippen LogP contribution is 2.32. The minimum atomic E-state index is -0.00666. The van der Waals surface area contributed by atoms with Crippen LogP contribution >= 0.6 is 0 Å². The zero-order valence-electron chi connectivity index (χ0n) is 12.0. The van der Waals surface area contributed by atoms with Crippen molar-refractivity contribution in [2.75, 3.05) is 0 Å². The number of hydrogen-bond acceptors (Lipinski definition) is 2. The maximum atomic E-state index is 12.5. The lowest BCUT2D eigenvalue weighted by molar-refractivity contribution is -0.119. The Morgan fingerprint density at radius 2 is 2.10 bits per heavy atom. The number of carbonyl (C=O) groups excluding carboxylic acids is 1. The summed E-state index contributed by atoms with van der Waals surface area (Å²) in [6.45, 7) is 4.19. The van der Waals surface area contributed by atoms with Crippen molar-refractivity contribution < 1.29 is 4.79 Å². The number of aromatic nitrogens is 1. The summed E-state index contributed by atoms with van der Waals surface area (Å²) in [7, 11) is 0. The summed E-state index contributed by atoms with van der Waals surface area (Å²) in [6.07, 6.45) is 4.20. The van der Waals surface area contributed by atoms with Crippen molar-refractivity contribution in [3.05, 3.63) is 64.5 Å². The minimum Gasteiger partial charge on any atom is -0.299 e. The molecule has 1 aliphatic rings. The van der Waals surface area contributed by atoms with Gasteiger partial charge in [-0.05, 0) is 55.0 Å². The number of nitrogens with zero attached hydrogens (tertiary/aromatic N) is 1. The smallest absolute Gasteiger partial charge is 0.146 e. The van der Waals surface area contributed by atoms with Crippen LogP contribution in [-0.2, 0) is 17.6 Å². The molecule has 1 heterocycles. The highest BCUT2D eigenvalue weighted by Gasteiger charge is 2.29. The first-order valence-electron chi connectivity index (χ1n) is 7.18. The van der Waals surface area contributed by atoms with Crippen LogP contribution in [-0.4, -0.2) is 10.8 Å². The SMILES string of the molecule is Cc1ccc(CC(=O)C2CCc3cccnc32)cc1C. The van der Waals surface area contributed by atoms with E-state index in [9.17, 15) is 4.79 Å². The Labute approximate surface area is 119 Å². The fraction of sp³-hybridized carbons (Fsp3) is 0.333. The number of hydrogen-bond donors (Lipinski definition) is 0. The molecule has 0 radical (unpaired) electrons. The van der Waals surface area contributed by atoms with Gasteiger partial charge in [0.2, 0.25) is 0 Å². The summed E-state index contributed by atoms with van der Waals surface area (Å²) < 4.78 is 0. The van der Waals surface area contributed by atoms with Crippen LogP contribution in [0.3, 0.4) is 0 Å². The van der Waals surface area contributed by atoms with E-state index in [1.807, 2.05) is 6.07 Å². The number of benzene rings is 1. The van der Waals surface area contributed by atoms with Gasteiger partial charge in [-0.15, -0.1) is 0 Å². The molecule has 2 nitrogen and oxygen atoms in total. The van der Waals surface area contributed by atoms with Gasteiger partial charge < -0.3 is 0 Å². The molecule has 2 aromatic rings. The Morgan fingerprint density at radius 3 is 2.90 bits per heavy atom. The lowest BCUT2D eigenvalue weighted by atomic mass is 9.94. The molecule has 0 bridgehead atoms. The number of rotatable bonds is 3. The molecule has 3 rings (SSSR count). The van der Waals surface area contributed by atoms with Crippen LogP contribution in [0, 0.1) is 13.8 Å². The van der Waals surface area contributed by atoms with Crippen molar-refractivity contribution in [1.29, 1.82) is 0 Å². The van der Waals surface area contributed by atoms with E-state index >= 15 is 0 Å². The van der Waals surface area contributed by atoms with E-state index in [0.29, 0.717) is 12.2 Å².